The van der Waals surface area contributed by atoms with E-state index in [-0.39, 0.29) is 12.1 Å². The molecule has 1 aromatic heterocycles. The fourth-order valence-electron chi connectivity index (χ4n) is 3.11. The van der Waals surface area contributed by atoms with E-state index in [2.05, 4.69) is 28.4 Å². The number of fused-ring (bicyclic) bond motifs is 1. The van der Waals surface area contributed by atoms with Gasteiger partial charge in [0.25, 0.3) is 0 Å². The van der Waals surface area contributed by atoms with Crippen molar-refractivity contribution in [3.05, 3.63) is 40.7 Å². The minimum atomic E-state index is -0.0892. The summed E-state index contributed by atoms with van der Waals surface area (Å²) in [5, 5.41) is 7.33. The summed E-state index contributed by atoms with van der Waals surface area (Å²) >= 11 is 0. The van der Waals surface area contributed by atoms with Crippen LogP contribution in [0.5, 0.6) is 0 Å². The van der Waals surface area contributed by atoms with Gasteiger partial charge < -0.3 is 11.5 Å². The number of hydrogen-bond donors (Lipinski definition) is 3. The summed E-state index contributed by atoms with van der Waals surface area (Å²) in [5.74, 6) is 0. The monoisotopic (exact) mass is 256 g/mol. The SMILES string of the molecule is Cc1n[nH]c(C)c1-c1cccc2c1C(N)[C@H](N)CC2. The Morgan fingerprint density at radius 1 is 1.26 bits per heavy atom. The van der Waals surface area contributed by atoms with Gasteiger partial charge in [0.2, 0.25) is 0 Å². The van der Waals surface area contributed by atoms with Gasteiger partial charge in [0.05, 0.1) is 5.69 Å². The first-order valence-electron chi connectivity index (χ1n) is 6.74. The molecule has 1 aliphatic carbocycles. The van der Waals surface area contributed by atoms with Crippen molar-refractivity contribution in [3.63, 3.8) is 0 Å². The number of nitrogens with zero attached hydrogens (tertiary/aromatic N) is 1. The third-order valence-electron chi connectivity index (χ3n) is 4.14. The zero-order chi connectivity index (χ0) is 13.6. The highest BCUT2D eigenvalue weighted by Gasteiger charge is 2.27. The number of H-pyrrole nitrogens is 1. The average Bonchev–Trinajstić information content (AvgIpc) is 2.73. The van der Waals surface area contributed by atoms with Gasteiger partial charge in [0, 0.05) is 23.3 Å². The predicted molar refractivity (Wildman–Crippen MR) is 76.7 cm³/mol. The summed E-state index contributed by atoms with van der Waals surface area (Å²) in [6.07, 6.45) is 1.97. The molecule has 1 aromatic carbocycles. The van der Waals surface area contributed by atoms with Gasteiger partial charge in [-0.1, -0.05) is 18.2 Å². The Bertz CT molecular complexity index is 595. The molecule has 1 heterocycles. The average molecular weight is 256 g/mol. The molecule has 0 spiro atoms. The summed E-state index contributed by atoms with van der Waals surface area (Å²) in [6.45, 7) is 4.06. The van der Waals surface area contributed by atoms with Gasteiger partial charge in [-0.2, -0.15) is 5.10 Å². The summed E-state index contributed by atoms with van der Waals surface area (Å²) in [4.78, 5) is 0. The standard InChI is InChI=1S/C15H20N4/c1-8-13(9(2)19-18-8)11-5-3-4-10-6-7-12(16)15(17)14(10)11/h3-5,12,15H,6-7,16-17H2,1-2H3,(H,18,19)/t12-,15?/m1/s1. The molecule has 2 aromatic rings. The minimum Gasteiger partial charge on any atom is -0.326 e. The van der Waals surface area contributed by atoms with E-state index < -0.39 is 0 Å². The van der Waals surface area contributed by atoms with Gasteiger partial charge in [-0.05, 0) is 43.4 Å². The first-order chi connectivity index (χ1) is 9.09. The van der Waals surface area contributed by atoms with Gasteiger partial charge in [-0.25, -0.2) is 0 Å². The molecule has 4 heteroatoms. The minimum absolute atomic E-state index is 0.0427. The lowest BCUT2D eigenvalue weighted by Gasteiger charge is -2.30. The number of nitrogens with one attached hydrogen (secondary N) is 1. The van der Waals surface area contributed by atoms with Crippen LogP contribution in [-0.2, 0) is 6.42 Å². The van der Waals surface area contributed by atoms with Crippen molar-refractivity contribution in [3.8, 4) is 11.1 Å². The van der Waals surface area contributed by atoms with E-state index in [1.165, 1.54) is 22.3 Å². The van der Waals surface area contributed by atoms with Gasteiger partial charge in [0.1, 0.15) is 0 Å². The lowest BCUT2D eigenvalue weighted by Crippen LogP contribution is -2.38. The van der Waals surface area contributed by atoms with Crippen molar-refractivity contribution >= 4 is 0 Å². The van der Waals surface area contributed by atoms with E-state index in [0.29, 0.717) is 0 Å². The second-order valence-corrected chi connectivity index (χ2v) is 5.42. The maximum absolute atomic E-state index is 6.34. The fraction of sp³-hybridized carbons (Fsp3) is 0.400. The Labute approximate surface area is 113 Å². The maximum Gasteiger partial charge on any atom is 0.0672 e. The third kappa shape index (κ3) is 1.88. The number of aromatic nitrogens is 2. The van der Waals surface area contributed by atoms with Crippen LogP contribution in [0.15, 0.2) is 18.2 Å². The van der Waals surface area contributed by atoms with Crippen LogP contribution in [0.1, 0.15) is 35.0 Å². The van der Waals surface area contributed by atoms with Crippen molar-refractivity contribution < 1.29 is 0 Å². The lowest BCUT2D eigenvalue weighted by molar-refractivity contribution is 0.482. The lowest BCUT2D eigenvalue weighted by atomic mass is 9.80. The smallest absolute Gasteiger partial charge is 0.0672 e. The fourth-order valence-corrected chi connectivity index (χ4v) is 3.11. The number of rotatable bonds is 1. The number of nitrogens with two attached hydrogens (primary N) is 2. The second-order valence-electron chi connectivity index (χ2n) is 5.42. The Kier molecular flexibility index (Phi) is 2.92. The highest BCUT2D eigenvalue weighted by atomic mass is 15.1. The molecule has 2 atom stereocenters. The van der Waals surface area contributed by atoms with E-state index in [0.717, 1.165) is 24.2 Å². The summed E-state index contributed by atoms with van der Waals surface area (Å²) < 4.78 is 0. The van der Waals surface area contributed by atoms with Crippen LogP contribution in [0, 0.1) is 13.8 Å². The number of aromatic amines is 1. The number of hydrogen-bond acceptors (Lipinski definition) is 3. The predicted octanol–water partition coefficient (Wildman–Crippen LogP) is 1.97. The quantitative estimate of drug-likeness (QED) is 0.729. The number of benzene rings is 1. The maximum atomic E-state index is 6.34. The zero-order valence-corrected chi connectivity index (χ0v) is 11.4. The normalized spacial score (nSPS) is 22.3. The topological polar surface area (TPSA) is 80.7 Å². The number of aryl methyl sites for hydroxylation is 3. The highest BCUT2D eigenvalue weighted by Crippen LogP contribution is 2.37. The molecule has 0 radical (unpaired) electrons. The van der Waals surface area contributed by atoms with Crippen LogP contribution >= 0.6 is 0 Å². The molecule has 0 aliphatic heterocycles. The van der Waals surface area contributed by atoms with Gasteiger partial charge in [0.15, 0.2) is 0 Å². The first kappa shape index (κ1) is 12.4. The van der Waals surface area contributed by atoms with Crippen molar-refractivity contribution in [1.29, 1.82) is 0 Å². The Morgan fingerprint density at radius 3 is 2.74 bits per heavy atom. The van der Waals surface area contributed by atoms with E-state index in [9.17, 15) is 0 Å². The summed E-state index contributed by atoms with van der Waals surface area (Å²) in [7, 11) is 0. The Morgan fingerprint density at radius 2 is 2.05 bits per heavy atom. The van der Waals surface area contributed by atoms with Crippen molar-refractivity contribution in [2.45, 2.75) is 38.8 Å². The summed E-state index contributed by atoms with van der Waals surface area (Å²) in [5.41, 5.74) is 19.5. The molecule has 0 fully saturated rings. The van der Waals surface area contributed by atoms with Crippen LogP contribution in [-0.4, -0.2) is 16.2 Å². The molecule has 4 nitrogen and oxygen atoms in total. The van der Waals surface area contributed by atoms with E-state index in [1.807, 2.05) is 13.8 Å². The Balaban J connectivity index is 2.24. The van der Waals surface area contributed by atoms with E-state index in [4.69, 9.17) is 11.5 Å². The molecule has 19 heavy (non-hydrogen) atoms. The highest BCUT2D eigenvalue weighted by molar-refractivity contribution is 5.73. The molecule has 5 N–H and O–H groups in total. The molecule has 0 amide bonds. The molecule has 1 unspecified atom stereocenters. The largest absolute Gasteiger partial charge is 0.326 e. The van der Waals surface area contributed by atoms with Gasteiger partial charge in [-0.15, -0.1) is 0 Å². The van der Waals surface area contributed by atoms with Crippen LogP contribution in [0.4, 0.5) is 0 Å². The van der Waals surface area contributed by atoms with Crippen LogP contribution < -0.4 is 11.5 Å². The molecule has 1 aliphatic rings. The molecule has 0 saturated carbocycles. The van der Waals surface area contributed by atoms with Crippen LogP contribution in [0.3, 0.4) is 0 Å². The second kappa shape index (κ2) is 4.47. The molecule has 0 saturated heterocycles. The molecular weight excluding hydrogens is 236 g/mol. The van der Waals surface area contributed by atoms with Crippen molar-refractivity contribution in [2.24, 2.45) is 11.5 Å². The van der Waals surface area contributed by atoms with E-state index >= 15 is 0 Å². The molecule has 100 valence electrons. The third-order valence-corrected chi connectivity index (χ3v) is 4.14. The van der Waals surface area contributed by atoms with Crippen molar-refractivity contribution in [2.75, 3.05) is 0 Å². The van der Waals surface area contributed by atoms with Crippen molar-refractivity contribution in [1.82, 2.24) is 10.2 Å². The van der Waals surface area contributed by atoms with Gasteiger partial charge in [-0.3, -0.25) is 5.10 Å². The molecule has 3 rings (SSSR count). The Hall–Kier alpha value is -1.65. The first-order valence-corrected chi connectivity index (χ1v) is 6.74. The van der Waals surface area contributed by atoms with E-state index in [1.54, 1.807) is 0 Å². The van der Waals surface area contributed by atoms with Gasteiger partial charge >= 0.3 is 0 Å². The molecule has 0 bridgehead atoms. The van der Waals surface area contributed by atoms with Crippen LogP contribution in [0.2, 0.25) is 0 Å². The zero-order valence-electron chi connectivity index (χ0n) is 11.4. The molecular formula is C15H20N4. The summed E-state index contributed by atoms with van der Waals surface area (Å²) in [6, 6.07) is 6.34. The van der Waals surface area contributed by atoms with Crippen LogP contribution in [0.25, 0.3) is 11.1 Å².